The number of ether oxygens (including phenoxy) is 1. The third-order valence-electron chi connectivity index (χ3n) is 3.80. The predicted octanol–water partition coefficient (Wildman–Crippen LogP) is 1.55. The lowest BCUT2D eigenvalue weighted by molar-refractivity contribution is -0.0115. The largest absolute Gasteiger partial charge is 0.396 e. The van der Waals surface area contributed by atoms with Gasteiger partial charge < -0.3 is 14.9 Å². The average Bonchev–Trinajstić information content (AvgIpc) is 3.00. The summed E-state index contributed by atoms with van der Waals surface area (Å²) >= 11 is 0. The third-order valence-corrected chi connectivity index (χ3v) is 6.40. The molecule has 0 spiro atoms. The van der Waals surface area contributed by atoms with Gasteiger partial charge in [0.2, 0.25) is 0 Å². The molecule has 3 N–H and O–H groups in total. The van der Waals surface area contributed by atoms with Crippen LogP contribution in [0.3, 0.4) is 0 Å². The van der Waals surface area contributed by atoms with Crippen LogP contribution < -0.4 is 11.2 Å². The van der Waals surface area contributed by atoms with Crippen molar-refractivity contribution in [3.63, 3.8) is 0 Å². The number of aromatic amines is 1. The highest BCUT2D eigenvalue weighted by Gasteiger charge is 2.29. The summed E-state index contributed by atoms with van der Waals surface area (Å²) in [5, 5.41) is 18.3. The molecule has 0 amide bonds. The number of hydrogen-bond donors (Lipinski definition) is 3. The van der Waals surface area contributed by atoms with E-state index in [9.17, 15) is 14.7 Å². The minimum Gasteiger partial charge on any atom is -0.396 e. The van der Waals surface area contributed by atoms with Gasteiger partial charge in [-0.05, 0) is 25.8 Å². The van der Waals surface area contributed by atoms with Crippen LogP contribution in [0.1, 0.15) is 37.5 Å². The van der Waals surface area contributed by atoms with Gasteiger partial charge in [0, 0.05) is 29.0 Å². The predicted molar refractivity (Wildman–Crippen MR) is 101 cm³/mol. The average molecular weight is 389 g/mol. The highest BCUT2D eigenvalue weighted by Crippen LogP contribution is 2.40. The fourth-order valence-electron chi connectivity index (χ4n) is 2.39. The van der Waals surface area contributed by atoms with Gasteiger partial charge in [-0.3, -0.25) is 14.3 Å². The maximum Gasteiger partial charge on any atom is 0.330 e. The number of nitrogens with zero attached hydrogens (tertiary/aromatic N) is 1. The molecule has 0 saturated carbocycles. The minimum atomic E-state index is -0.632. The second-order valence-electron chi connectivity index (χ2n) is 5.79. The van der Waals surface area contributed by atoms with E-state index in [-0.39, 0.29) is 13.2 Å². The van der Waals surface area contributed by atoms with Crippen molar-refractivity contribution in [3.8, 4) is 0 Å². The fraction of sp³-hybridized carbons (Fsp3) is 0.625. The molecular formula is C16H24N2O5S2. The van der Waals surface area contributed by atoms with Crippen molar-refractivity contribution in [2.45, 2.75) is 44.9 Å². The molecule has 0 aromatic carbocycles. The lowest BCUT2D eigenvalue weighted by Gasteiger charge is -2.15. The zero-order chi connectivity index (χ0) is 18.2. The molecule has 7 nitrogen and oxygen atoms in total. The Hall–Kier alpha value is -1.00. The van der Waals surface area contributed by atoms with Crippen molar-refractivity contribution in [3.05, 3.63) is 43.6 Å². The molecule has 0 bridgehead atoms. The van der Waals surface area contributed by atoms with E-state index in [1.165, 1.54) is 10.8 Å². The van der Waals surface area contributed by atoms with Crippen LogP contribution in [0.25, 0.3) is 0 Å². The summed E-state index contributed by atoms with van der Waals surface area (Å²) in [6, 6.07) is 0. The molecule has 1 aliphatic rings. The summed E-state index contributed by atoms with van der Waals surface area (Å²) < 4.78 is 7.06. The van der Waals surface area contributed by atoms with Crippen LogP contribution >= 0.6 is 21.6 Å². The van der Waals surface area contributed by atoms with Crippen molar-refractivity contribution >= 4 is 21.6 Å². The molecule has 0 unspecified atom stereocenters. The topological polar surface area (TPSA) is 105 Å². The standard InChI is InChI=1S/C16H24N2O5S2/c1-11-9-18(16(22)17-15(11)21)14-8-13(12(10-20)23-14)25-24-7-5-3-2-4-6-19/h8-9,12,14,19-20H,2-7,10H2,1H3,(H,17,21,22)/t12-,14-/m1/s1. The Morgan fingerprint density at radius 1 is 1.24 bits per heavy atom. The number of aliphatic hydroxyl groups excluding tert-OH is 2. The Bertz CT molecular complexity index is 701. The van der Waals surface area contributed by atoms with Crippen LogP contribution in [0, 0.1) is 6.92 Å². The van der Waals surface area contributed by atoms with Crippen LogP contribution in [-0.4, -0.2) is 44.8 Å². The van der Waals surface area contributed by atoms with E-state index in [2.05, 4.69) is 4.98 Å². The summed E-state index contributed by atoms with van der Waals surface area (Å²) in [5.74, 6) is 0.966. The van der Waals surface area contributed by atoms with Gasteiger partial charge >= 0.3 is 5.69 Å². The number of nitrogens with one attached hydrogen (secondary N) is 1. The SMILES string of the molecule is Cc1cn([C@H]2C=C(SSCCCCCCO)[C@@H](CO)O2)c(=O)[nH]c1=O. The zero-order valence-corrected chi connectivity index (χ0v) is 15.8. The Morgan fingerprint density at radius 2 is 2.00 bits per heavy atom. The molecule has 0 aliphatic carbocycles. The van der Waals surface area contributed by atoms with Gasteiger partial charge in [-0.1, -0.05) is 34.4 Å². The van der Waals surface area contributed by atoms with E-state index in [0.717, 1.165) is 36.3 Å². The number of rotatable bonds is 10. The van der Waals surface area contributed by atoms with E-state index in [0.29, 0.717) is 5.56 Å². The Morgan fingerprint density at radius 3 is 2.72 bits per heavy atom. The molecule has 0 fully saturated rings. The van der Waals surface area contributed by atoms with E-state index in [1.54, 1.807) is 28.5 Å². The lowest BCUT2D eigenvalue weighted by Crippen LogP contribution is -2.33. The van der Waals surface area contributed by atoms with Crippen molar-refractivity contribution < 1.29 is 14.9 Å². The molecule has 9 heteroatoms. The molecule has 1 aliphatic heterocycles. The number of H-pyrrole nitrogens is 1. The van der Waals surface area contributed by atoms with Crippen molar-refractivity contribution in [1.29, 1.82) is 0 Å². The van der Waals surface area contributed by atoms with E-state index in [1.807, 2.05) is 6.08 Å². The number of aromatic nitrogens is 2. The monoisotopic (exact) mass is 388 g/mol. The summed E-state index contributed by atoms with van der Waals surface area (Å²) in [5.41, 5.74) is -0.514. The smallest absolute Gasteiger partial charge is 0.330 e. The van der Waals surface area contributed by atoms with Crippen molar-refractivity contribution in [2.24, 2.45) is 0 Å². The van der Waals surface area contributed by atoms with Gasteiger partial charge in [0.1, 0.15) is 6.10 Å². The molecule has 0 radical (unpaired) electrons. The maximum absolute atomic E-state index is 12.0. The van der Waals surface area contributed by atoms with Crippen LogP contribution in [0.5, 0.6) is 0 Å². The number of hydrogen-bond acceptors (Lipinski definition) is 7. The third kappa shape index (κ3) is 5.75. The molecular weight excluding hydrogens is 364 g/mol. The molecule has 2 rings (SSSR count). The number of aliphatic hydroxyl groups is 2. The maximum atomic E-state index is 12.0. The van der Waals surface area contributed by atoms with Gasteiger partial charge in [0.25, 0.3) is 5.56 Å². The first-order chi connectivity index (χ1) is 12.1. The molecule has 2 heterocycles. The molecule has 0 saturated heterocycles. The van der Waals surface area contributed by atoms with Crippen LogP contribution in [0.15, 0.2) is 26.8 Å². The van der Waals surface area contributed by atoms with Crippen molar-refractivity contribution in [2.75, 3.05) is 19.0 Å². The molecule has 25 heavy (non-hydrogen) atoms. The highest BCUT2D eigenvalue weighted by atomic mass is 33.1. The lowest BCUT2D eigenvalue weighted by atomic mass is 10.2. The van der Waals surface area contributed by atoms with Crippen LogP contribution in [0.4, 0.5) is 0 Å². The summed E-state index contributed by atoms with van der Waals surface area (Å²) in [6.07, 6.45) is 6.22. The Balaban J connectivity index is 1.94. The first kappa shape index (κ1) is 20.3. The van der Waals surface area contributed by atoms with Gasteiger partial charge in [-0.15, -0.1) is 0 Å². The zero-order valence-electron chi connectivity index (χ0n) is 14.1. The van der Waals surface area contributed by atoms with Crippen molar-refractivity contribution in [1.82, 2.24) is 9.55 Å². The highest BCUT2D eigenvalue weighted by molar-refractivity contribution is 8.78. The second kappa shape index (κ2) is 10.2. The Kier molecular flexibility index (Phi) is 8.31. The second-order valence-corrected chi connectivity index (χ2v) is 8.28. The van der Waals surface area contributed by atoms with Gasteiger partial charge in [0.15, 0.2) is 6.23 Å². The Labute approximate surface area is 153 Å². The molecule has 2 atom stereocenters. The van der Waals surface area contributed by atoms with Crippen LogP contribution in [0.2, 0.25) is 0 Å². The normalized spacial score (nSPS) is 20.0. The summed E-state index contributed by atoms with van der Waals surface area (Å²) in [7, 11) is 3.23. The minimum absolute atomic E-state index is 0.163. The first-order valence-electron chi connectivity index (χ1n) is 8.27. The van der Waals surface area contributed by atoms with Gasteiger partial charge in [0.05, 0.1) is 6.61 Å². The summed E-state index contributed by atoms with van der Waals surface area (Å²) in [4.78, 5) is 26.6. The number of unbranched alkanes of at least 4 members (excludes halogenated alkanes) is 3. The van der Waals surface area contributed by atoms with Gasteiger partial charge in [-0.25, -0.2) is 4.79 Å². The number of aryl methyl sites for hydroxylation is 1. The van der Waals surface area contributed by atoms with Crippen LogP contribution in [-0.2, 0) is 4.74 Å². The molecule has 1 aromatic rings. The van der Waals surface area contributed by atoms with E-state index in [4.69, 9.17) is 9.84 Å². The molecule has 140 valence electrons. The van der Waals surface area contributed by atoms with E-state index < -0.39 is 23.6 Å². The molecule has 1 aromatic heterocycles. The quantitative estimate of drug-likeness (QED) is 0.413. The van der Waals surface area contributed by atoms with Gasteiger partial charge in [-0.2, -0.15) is 0 Å². The van der Waals surface area contributed by atoms with E-state index >= 15 is 0 Å². The fourth-order valence-corrected chi connectivity index (χ4v) is 4.85. The first-order valence-corrected chi connectivity index (χ1v) is 10.6. The summed E-state index contributed by atoms with van der Waals surface area (Å²) in [6.45, 7) is 1.71.